The third kappa shape index (κ3) is 2.21. The van der Waals surface area contributed by atoms with E-state index in [0.29, 0.717) is 18.8 Å². The summed E-state index contributed by atoms with van der Waals surface area (Å²) in [6.45, 7) is 2.54. The molecule has 0 aliphatic carbocycles. The quantitative estimate of drug-likeness (QED) is 0.671. The van der Waals surface area contributed by atoms with Crippen LogP contribution < -0.4 is 16.4 Å². The van der Waals surface area contributed by atoms with Gasteiger partial charge >= 0.3 is 0 Å². The van der Waals surface area contributed by atoms with E-state index in [1.54, 1.807) is 0 Å². The molecule has 1 aliphatic rings. The van der Waals surface area contributed by atoms with E-state index in [4.69, 9.17) is 5.73 Å². The molecule has 1 aliphatic heterocycles. The lowest BCUT2D eigenvalue weighted by Gasteiger charge is -2.13. The van der Waals surface area contributed by atoms with Crippen LogP contribution in [0.4, 0.5) is 11.6 Å². The monoisotopic (exact) mass is 221 g/mol. The van der Waals surface area contributed by atoms with Crippen molar-refractivity contribution >= 4 is 17.5 Å². The number of carbonyl (C=O) groups is 1. The van der Waals surface area contributed by atoms with E-state index in [0.717, 1.165) is 17.8 Å². The molecule has 1 amide bonds. The Labute approximate surface area is 93.7 Å². The maximum absolute atomic E-state index is 11.0. The van der Waals surface area contributed by atoms with Crippen LogP contribution >= 0.6 is 0 Å². The van der Waals surface area contributed by atoms with E-state index in [1.165, 1.54) is 6.33 Å². The first-order valence-electron chi connectivity index (χ1n) is 5.27. The van der Waals surface area contributed by atoms with Gasteiger partial charge in [-0.2, -0.15) is 0 Å². The molecule has 4 N–H and O–H groups in total. The smallest absolute Gasteiger partial charge is 0.220 e. The summed E-state index contributed by atoms with van der Waals surface area (Å²) < 4.78 is 0. The Hall–Kier alpha value is -1.85. The molecule has 1 unspecified atom stereocenters. The molecule has 0 saturated carbocycles. The molecule has 6 nitrogen and oxygen atoms in total. The van der Waals surface area contributed by atoms with Crippen LogP contribution in [0.15, 0.2) is 6.33 Å². The van der Waals surface area contributed by atoms with Gasteiger partial charge < -0.3 is 16.4 Å². The number of amides is 1. The second-order valence-corrected chi connectivity index (χ2v) is 3.92. The number of nitrogens with one attached hydrogen (secondary N) is 2. The van der Waals surface area contributed by atoms with E-state index >= 15 is 0 Å². The summed E-state index contributed by atoms with van der Waals surface area (Å²) in [4.78, 5) is 19.0. The Morgan fingerprint density at radius 1 is 1.62 bits per heavy atom. The minimum atomic E-state index is 0.116. The first-order chi connectivity index (χ1) is 7.66. The maximum atomic E-state index is 11.0. The summed E-state index contributed by atoms with van der Waals surface area (Å²) in [5.41, 5.74) is 6.51. The molecule has 1 atom stereocenters. The van der Waals surface area contributed by atoms with Crippen LogP contribution in [0, 0.1) is 6.92 Å². The average Bonchev–Trinajstić information content (AvgIpc) is 2.67. The van der Waals surface area contributed by atoms with Crippen molar-refractivity contribution in [1.29, 1.82) is 0 Å². The molecular weight excluding hydrogens is 206 g/mol. The van der Waals surface area contributed by atoms with Gasteiger partial charge in [-0.25, -0.2) is 9.97 Å². The molecule has 0 spiro atoms. The standard InChI is InChI=1S/C10H15N5O/c1-6-9(11)13-5-14-10(6)12-4-7-2-3-8(16)15-7/h5,7H,2-4H2,1H3,(H,15,16)(H3,11,12,13,14). The van der Waals surface area contributed by atoms with Crippen LogP contribution in [0.5, 0.6) is 0 Å². The molecule has 1 aromatic rings. The lowest BCUT2D eigenvalue weighted by atomic mass is 10.2. The molecule has 2 rings (SSSR count). The Balaban J connectivity index is 1.94. The zero-order valence-corrected chi connectivity index (χ0v) is 9.16. The second-order valence-electron chi connectivity index (χ2n) is 3.92. The molecular formula is C10H15N5O. The Morgan fingerprint density at radius 2 is 2.44 bits per heavy atom. The number of nitrogens with zero attached hydrogens (tertiary/aromatic N) is 2. The Bertz CT molecular complexity index is 406. The SMILES string of the molecule is Cc1c(N)ncnc1NCC1CCC(=O)N1. The average molecular weight is 221 g/mol. The van der Waals surface area contributed by atoms with Crippen molar-refractivity contribution in [2.24, 2.45) is 0 Å². The molecule has 1 aromatic heterocycles. The van der Waals surface area contributed by atoms with Gasteiger partial charge in [-0.3, -0.25) is 4.79 Å². The summed E-state index contributed by atoms with van der Waals surface area (Å²) in [6.07, 6.45) is 2.90. The van der Waals surface area contributed by atoms with Gasteiger partial charge in [-0.05, 0) is 13.3 Å². The minimum Gasteiger partial charge on any atom is -0.383 e. The van der Waals surface area contributed by atoms with Gasteiger partial charge in [0.2, 0.25) is 5.91 Å². The van der Waals surface area contributed by atoms with E-state index in [2.05, 4.69) is 20.6 Å². The van der Waals surface area contributed by atoms with Gasteiger partial charge in [0.15, 0.2) is 0 Å². The van der Waals surface area contributed by atoms with Crippen LogP contribution in [0.2, 0.25) is 0 Å². The number of hydrogen-bond donors (Lipinski definition) is 3. The Morgan fingerprint density at radius 3 is 3.12 bits per heavy atom. The van der Waals surface area contributed by atoms with Crippen molar-refractivity contribution in [3.63, 3.8) is 0 Å². The van der Waals surface area contributed by atoms with Gasteiger partial charge in [-0.15, -0.1) is 0 Å². The van der Waals surface area contributed by atoms with Crippen LogP contribution in [0.3, 0.4) is 0 Å². The highest BCUT2D eigenvalue weighted by atomic mass is 16.1. The third-order valence-corrected chi connectivity index (χ3v) is 2.72. The van der Waals surface area contributed by atoms with Crippen molar-refractivity contribution < 1.29 is 4.79 Å². The number of carbonyl (C=O) groups excluding carboxylic acids is 1. The molecule has 0 radical (unpaired) electrons. The molecule has 1 saturated heterocycles. The van der Waals surface area contributed by atoms with E-state index in [9.17, 15) is 4.79 Å². The molecule has 16 heavy (non-hydrogen) atoms. The zero-order valence-electron chi connectivity index (χ0n) is 9.16. The fraction of sp³-hybridized carbons (Fsp3) is 0.500. The third-order valence-electron chi connectivity index (χ3n) is 2.72. The van der Waals surface area contributed by atoms with Crippen molar-refractivity contribution in [1.82, 2.24) is 15.3 Å². The number of anilines is 2. The number of nitrogens with two attached hydrogens (primary N) is 1. The minimum absolute atomic E-state index is 0.116. The van der Waals surface area contributed by atoms with Crippen LogP contribution in [0.25, 0.3) is 0 Å². The zero-order chi connectivity index (χ0) is 11.5. The van der Waals surface area contributed by atoms with Crippen molar-refractivity contribution in [3.05, 3.63) is 11.9 Å². The topological polar surface area (TPSA) is 92.9 Å². The van der Waals surface area contributed by atoms with Crippen LogP contribution in [-0.4, -0.2) is 28.5 Å². The van der Waals surface area contributed by atoms with Crippen LogP contribution in [0.1, 0.15) is 18.4 Å². The molecule has 2 heterocycles. The predicted octanol–water partition coefficient (Wildman–Crippen LogP) is 0.0577. The maximum Gasteiger partial charge on any atom is 0.220 e. The fourth-order valence-electron chi connectivity index (χ4n) is 1.69. The lowest BCUT2D eigenvalue weighted by molar-refractivity contribution is -0.119. The Kier molecular flexibility index (Phi) is 2.89. The highest BCUT2D eigenvalue weighted by molar-refractivity contribution is 5.78. The van der Waals surface area contributed by atoms with Gasteiger partial charge in [0.05, 0.1) is 0 Å². The summed E-state index contributed by atoms with van der Waals surface area (Å²) in [6, 6.07) is 0.183. The largest absolute Gasteiger partial charge is 0.383 e. The van der Waals surface area contributed by atoms with Crippen molar-refractivity contribution in [2.75, 3.05) is 17.6 Å². The van der Waals surface area contributed by atoms with Gasteiger partial charge in [-0.1, -0.05) is 0 Å². The van der Waals surface area contributed by atoms with E-state index in [-0.39, 0.29) is 11.9 Å². The van der Waals surface area contributed by atoms with Gasteiger partial charge in [0.25, 0.3) is 0 Å². The highest BCUT2D eigenvalue weighted by Gasteiger charge is 2.20. The van der Waals surface area contributed by atoms with Crippen LogP contribution in [-0.2, 0) is 4.79 Å². The number of hydrogen-bond acceptors (Lipinski definition) is 5. The van der Waals surface area contributed by atoms with E-state index in [1.807, 2.05) is 6.92 Å². The van der Waals surface area contributed by atoms with Gasteiger partial charge in [0, 0.05) is 24.6 Å². The summed E-state index contributed by atoms with van der Waals surface area (Å²) in [7, 11) is 0. The summed E-state index contributed by atoms with van der Waals surface area (Å²) in [5.74, 6) is 1.33. The second kappa shape index (κ2) is 4.34. The molecule has 0 bridgehead atoms. The molecule has 1 fully saturated rings. The first-order valence-corrected chi connectivity index (χ1v) is 5.27. The predicted molar refractivity (Wildman–Crippen MR) is 60.8 cm³/mol. The molecule has 86 valence electrons. The number of nitrogen functional groups attached to an aromatic ring is 1. The van der Waals surface area contributed by atoms with Gasteiger partial charge in [0.1, 0.15) is 18.0 Å². The number of aromatic nitrogens is 2. The number of rotatable bonds is 3. The summed E-state index contributed by atoms with van der Waals surface area (Å²) in [5, 5.41) is 6.05. The van der Waals surface area contributed by atoms with Crippen molar-refractivity contribution in [2.45, 2.75) is 25.8 Å². The summed E-state index contributed by atoms with van der Waals surface area (Å²) >= 11 is 0. The fourth-order valence-corrected chi connectivity index (χ4v) is 1.69. The first kappa shape index (κ1) is 10.7. The molecule has 6 heteroatoms. The molecule has 0 aromatic carbocycles. The normalized spacial score (nSPS) is 19.6. The van der Waals surface area contributed by atoms with Crippen molar-refractivity contribution in [3.8, 4) is 0 Å². The highest BCUT2D eigenvalue weighted by Crippen LogP contribution is 2.15. The lowest BCUT2D eigenvalue weighted by Crippen LogP contribution is -2.32. The van der Waals surface area contributed by atoms with E-state index < -0.39 is 0 Å².